The van der Waals surface area contributed by atoms with Gasteiger partial charge >= 0.3 is 0 Å². The first kappa shape index (κ1) is 34.6. The fourth-order valence-corrected chi connectivity index (χ4v) is 4.94. The summed E-state index contributed by atoms with van der Waals surface area (Å²) in [6.07, 6.45) is 2.16. The summed E-state index contributed by atoms with van der Waals surface area (Å²) in [5.41, 5.74) is 0. The van der Waals surface area contributed by atoms with Gasteiger partial charge in [-0.05, 0) is 18.3 Å². The Labute approximate surface area is 229 Å². The zero-order chi connectivity index (χ0) is 29.8. The Kier molecular flexibility index (Phi) is 14.8. The zero-order valence-electron chi connectivity index (χ0n) is 23.9. The maximum absolute atomic E-state index is 16.0. The molecule has 1 saturated carbocycles. The summed E-state index contributed by atoms with van der Waals surface area (Å²) in [5.74, 6) is -7.40. The third-order valence-corrected chi connectivity index (χ3v) is 6.85. The maximum Gasteiger partial charge on any atom is 0.295 e. The second kappa shape index (κ2) is 16.7. The third kappa shape index (κ3) is 11.3. The number of carbonyl (C=O) groups is 4. The van der Waals surface area contributed by atoms with Gasteiger partial charge in [-0.1, -0.05) is 46.0 Å². The molecular weight excluding hydrogens is 518 g/mol. The normalized spacial score (nSPS) is 18.4. The predicted octanol–water partition coefficient (Wildman–Crippen LogP) is 0.881. The fraction of sp³-hybridized carbons (Fsp3) is 0.846. The molecule has 0 bridgehead atoms. The van der Waals surface area contributed by atoms with Gasteiger partial charge in [-0.25, -0.2) is 8.78 Å². The zero-order valence-corrected chi connectivity index (χ0v) is 23.9. The van der Waals surface area contributed by atoms with Crippen molar-refractivity contribution >= 4 is 23.6 Å². The van der Waals surface area contributed by atoms with Crippen LogP contribution in [0.4, 0.5) is 8.78 Å². The lowest BCUT2D eigenvalue weighted by Crippen LogP contribution is -2.65. The molecule has 0 aromatic rings. The number of carbonyl (C=O) groups excluding carboxylic acids is 4. The summed E-state index contributed by atoms with van der Waals surface area (Å²) in [6, 6.07) is -5.56. The van der Waals surface area contributed by atoms with Gasteiger partial charge in [-0.3, -0.25) is 19.2 Å². The molecule has 1 aliphatic rings. The maximum atomic E-state index is 16.0. The van der Waals surface area contributed by atoms with Crippen LogP contribution >= 0.6 is 0 Å². The first-order valence-corrected chi connectivity index (χ1v) is 13.4. The predicted molar refractivity (Wildman–Crippen MR) is 140 cm³/mol. The van der Waals surface area contributed by atoms with E-state index in [1.165, 1.54) is 41.9 Å². The standard InChI is InChI=1S/C26H46F2N4O7/c1-15(2)22(32-25(37)21(14-39-6)30-17(4)34)26(27,28)23(35)19(12-18-10-8-7-9-11-18)31-24(36)20(13-38-5)29-16(3)33/h15,18-23,35H,7-14H2,1-6H3,(H,29,33)(H,30,34)(H,31,36)(H,32,37)/t19?,20-,21-,22?,23?/m0/s1. The summed E-state index contributed by atoms with van der Waals surface area (Å²) in [6.45, 7) is 4.90. The van der Waals surface area contributed by atoms with Crippen molar-refractivity contribution in [2.45, 2.75) is 102 Å². The monoisotopic (exact) mass is 564 g/mol. The number of halogens is 2. The van der Waals surface area contributed by atoms with Crippen molar-refractivity contribution in [2.24, 2.45) is 11.8 Å². The lowest BCUT2D eigenvalue weighted by molar-refractivity contribution is -0.162. The van der Waals surface area contributed by atoms with E-state index in [-0.39, 0.29) is 25.6 Å². The van der Waals surface area contributed by atoms with Crippen LogP contribution in [0.15, 0.2) is 0 Å². The van der Waals surface area contributed by atoms with Gasteiger partial charge in [0, 0.05) is 28.1 Å². The van der Waals surface area contributed by atoms with E-state index < -0.39 is 65.7 Å². The largest absolute Gasteiger partial charge is 0.385 e. The number of alkyl halides is 2. The molecular formula is C26H46F2N4O7. The van der Waals surface area contributed by atoms with E-state index in [1.807, 2.05) is 0 Å². The Morgan fingerprint density at radius 2 is 1.31 bits per heavy atom. The highest BCUT2D eigenvalue weighted by atomic mass is 19.3. The number of aliphatic hydroxyl groups excluding tert-OH is 1. The smallest absolute Gasteiger partial charge is 0.295 e. The number of hydrogen-bond acceptors (Lipinski definition) is 7. The fourth-order valence-electron chi connectivity index (χ4n) is 4.94. The lowest BCUT2D eigenvalue weighted by atomic mass is 9.81. The van der Waals surface area contributed by atoms with Gasteiger partial charge in [0.1, 0.15) is 18.2 Å². The molecule has 11 nitrogen and oxygen atoms in total. The first-order chi connectivity index (χ1) is 18.2. The molecule has 1 fully saturated rings. The average Bonchev–Trinajstić information content (AvgIpc) is 2.85. The summed E-state index contributed by atoms with van der Waals surface area (Å²) in [7, 11) is 2.63. The molecule has 1 aliphatic carbocycles. The van der Waals surface area contributed by atoms with Crippen LogP contribution in [0.1, 0.15) is 66.2 Å². The Morgan fingerprint density at radius 1 is 0.846 bits per heavy atom. The van der Waals surface area contributed by atoms with Crippen LogP contribution in [-0.4, -0.2) is 92.4 Å². The van der Waals surface area contributed by atoms with Crippen molar-refractivity contribution in [1.82, 2.24) is 21.3 Å². The third-order valence-electron chi connectivity index (χ3n) is 6.85. The number of nitrogens with one attached hydrogen (secondary N) is 4. The van der Waals surface area contributed by atoms with Gasteiger partial charge in [0.15, 0.2) is 0 Å². The van der Waals surface area contributed by atoms with Crippen LogP contribution in [-0.2, 0) is 28.7 Å². The van der Waals surface area contributed by atoms with Gasteiger partial charge in [-0.15, -0.1) is 0 Å². The second-order valence-electron chi connectivity index (χ2n) is 10.6. The van der Waals surface area contributed by atoms with Gasteiger partial charge in [0.05, 0.1) is 25.3 Å². The lowest BCUT2D eigenvalue weighted by Gasteiger charge is -2.39. The number of ether oxygens (including phenoxy) is 2. The highest BCUT2D eigenvalue weighted by Crippen LogP contribution is 2.34. The summed E-state index contributed by atoms with van der Waals surface area (Å²) >= 11 is 0. The van der Waals surface area contributed by atoms with Crippen LogP contribution in [0, 0.1) is 11.8 Å². The van der Waals surface area contributed by atoms with Crippen molar-refractivity contribution in [3.63, 3.8) is 0 Å². The molecule has 5 N–H and O–H groups in total. The number of rotatable bonds is 16. The van der Waals surface area contributed by atoms with E-state index in [2.05, 4.69) is 21.3 Å². The Morgan fingerprint density at radius 3 is 1.72 bits per heavy atom. The van der Waals surface area contributed by atoms with Crippen LogP contribution in [0.5, 0.6) is 0 Å². The minimum absolute atomic E-state index is 0.00841. The second-order valence-corrected chi connectivity index (χ2v) is 10.6. The van der Waals surface area contributed by atoms with Crippen molar-refractivity contribution in [2.75, 3.05) is 27.4 Å². The molecule has 0 aromatic heterocycles. The van der Waals surface area contributed by atoms with Crippen LogP contribution < -0.4 is 21.3 Å². The number of hydrogen-bond donors (Lipinski definition) is 5. The van der Waals surface area contributed by atoms with E-state index in [0.29, 0.717) is 0 Å². The Balaban J connectivity index is 3.26. The molecule has 226 valence electrons. The molecule has 0 aliphatic heterocycles. The van der Waals surface area contributed by atoms with Gasteiger partial charge in [0.2, 0.25) is 23.6 Å². The summed E-state index contributed by atoms with van der Waals surface area (Å²) in [4.78, 5) is 48.9. The van der Waals surface area contributed by atoms with E-state index in [1.54, 1.807) is 0 Å². The number of aliphatic hydroxyl groups is 1. The Bertz CT molecular complexity index is 809. The van der Waals surface area contributed by atoms with E-state index in [0.717, 1.165) is 32.1 Å². The molecule has 0 saturated heterocycles. The number of methoxy groups -OCH3 is 2. The SMILES string of the molecule is COC[C@H](NC(C)=O)C(=O)NC(CC1CCCCC1)C(O)C(F)(F)C(NC(=O)[C@H](COC)NC(C)=O)C(C)C. The van der Waals surface area contributed by atoms with Crippen LogP contribution in [0.25, 0.3) is 0 Å². The van der Waals surface area contributed by atoms with Crippen molar-refractivity contribution in [1.29, 1.82) is 0 Å². The quantitative estimate of drug-likeness (QED) is 0.186. The molecule has 13 heteroatoms. The molecule has 1 rings (SSSR count). The Hall–Kier alpha value is -2.38. The summed E-state index contributed by atoms with van der Waals surface area (Å²) < 4.78 is 41.9. The minimum Gasteiger partial charge on any atom is -0.385 e. The van der Waals surface area contributed by atoms with Crippen molar-refractivity contribution in [3.8, 4) is 0 Å². The highest BCUT2D eigenvalue weighted by molar-refractivity contribution is 5.88. The molecule has 5 atom stereocenters. The highest BCUT2D eigenvalue weighted by Gasteiger charge is 2.52. The molecule has 3 unspecified atom stereocenters. The van der Waals surface area contributed by atoms with Crippen LogP contribution in [0.3, 0.4) is 0 Å². The first-order valence-electron chi connectivity index (χ1n) is 13.4. The molecule has 0 radical (unpaired) electrons. The number of amides is 4. The minimum atomic E-state index is -3.88. The van der Waals surface area contributed by atoms with E-state index >= 15 is 8.78 Å². The summed E-state index contributed by atoms with van der Waals surface area (Å²) in [5, 5.41) is 20.7. The van der Waals surface area contributed by atoms with E-state index in [4.69, 9.17) is 9.47 Å². The van der Waals surface area contributed by atoms with Gasteiger partial charge in [0.25, 0.3) is 5.92 Å². The molecule has 39 heavy (non-hydrogen) atoms. The van der Waals surface area contributed by atoms with Crippen molar-refractivity contribution in [3.05, 3.63) is 0 Å². The van der Waals surface area contributed by atoms with Crippen molar-refractivity contribution < 1.29 is 42.5 Å². The average molecular weight is 565 g/mol. The van der Waals surface area contributed by atoms with E-state index in [9.17, 15) is 24.3 Å². The van der Waals surface area contributed by atoms with Gasteiger partial charge < -0.3 is 35.8 Å². The molecule has 0 spiro atoms. The topological polar surface area (TPSA) is 155 Å². The van der Waals surface area contributed by atoms with Gasteiger partial charge in [-0.2, -0.15) is 0 Å². The van der Waals surface area contributed by atoms with Crippen LogP contribution in [0.2, 0.25) is 0 Å². The molecule has 4 amide bonds. The molecule has 0 aromatic carbocycles. The molecule has 0 heterocycles.